The molecule has 0 heterocycles. The normalized spacial score (nSPS) is 17.5. The molecule has 0 aromatic heterocycles. The fourth-order valence-corrected chi connectivity index (χ4v) is 3.14. The number of rotatable bonds is 3. The lowest BCUT2D eigenvalue weighted by Gasteiger charge is -2.11. The predicted molar refractivity (Wildman–Crippen MR) is 81.1 cm³/mol. The molecule has 1 aliphatic carbocycles. The Kier molecular flexibility index (Phi) is 3.39. The van der Waals surface area contributed by atoms with Gasteiger partial charge in [0.1, 0.15) is 0 Å². The maximum atomic E-state index is 6.17. The Balaban J connectivity index is 2.05. The van der Waals surface area contributed by atoms with E-state index in [0.717, 1.165) is 19.3 Å². The third-order valence-electron chi connectivity index (χ3n) is 4.09. The van der Waals surface area contributed by atoms with E-state index in [4.69, 9.17) is 5.73 Å². The van der Waals surface area contributed by atoms with Crippen molar-refractivity contribution in [2.45, 2.75) is 38.6 Å². The van der Waals surface area contributed by atoms with Crippen molar-refractivity contribution in [2.24, 2.45) is 5.73 Å². The van der Waals surface area contributed by atoms with Gasteiger partial charge in [-0.15, -0.1) is 0 Å². The third kappa shape index (κ3) is 2.31. The van der Waals surface area contributed by atoms with Crippen LogP contribution in [0.3, 0.4) is 0 Å². The SMILES string of the molecule is CCCc1cccc(-c2cccc3c2CCC3N)c1. The lowest BCUT2D eigenvalue weighted by atomic mass is 9.94. The summed E-state index contributed by atoms with van der Waals surface area (Å²) in [6.07, 6.45) is 4.55. The van der Waals surface area contributed by atoms with Crippen LogP contribution in [0.25, 0.3) is 11.1 Å². The van der Waals surface area contributed by atoms with Crippen molar-refractivity contribution in [3.63, 3.8) is 0 Å². The number of benzene rings is 2. The molecule has 1 heteroatoms. The quantitative estimate of drug-likeness (QED) is 0.867. The standard InChI is InChI=1S/C18H21N/c1-2-5-13-6-3-7-14(12-13)15-8-4-9-17-16(15)10-11-18(17)19/h3-4,6-9,12,18H,2,5,10-11,19H2,1H3. The maximum absolute atomic E-state index is 6.17. The molecular formula is C18H21N. The smallest absolute Gasteiger partial charge is 0.0300 e. The van der Waals surface area contributed by atoms with Gasteiger partial charge in [-0.1, -0.05) is 55.8 Å². The summed E-state index contributed by atoms with van der Waals surface area (Å²) in [7, 11) is 0. The summed E-state index contributed by atoms with van der Waals surface area (Å²) in [6, 6.07) is 15.8. The molecule has 0 amide bonds. The van der Waals surface area contributed by atoms with E-state index in [2.05, 4.69) is 49.4 Å². The van der Waals surface area contributed by atoms with Gasteiger partial charge in [-0.25, -0.2) is 0 Å². The first kappa shape index (κ1) is 12.4. The summed E-state index contributed by atoms with van der Waals surface area (Å²) in [4.78, 5) is 0. The first-order valence-electron chi connectivity index (χ1n) is 7.26. The van der Waals surface area contributed by atoms with Crippen molar-refractivity contribution in [2.75, 3.05) is 0 Å². The molecule has 1 aliphatic rings. The van der Waals surface area contributed by atoms with Crippen LogP contribution in [0.2, 0.25) is 0 Å². The monoisotopic (exact) mass is 251 g/mol. The van der Waals surface area contributed by atoms with Gasteiger partial charge in [0.25, 0.3) is 0 Å². The molecular weight excluding hydrogens is 230 g/mol. The summed E-state index contributed by atoms with van der Waals surface area (Å²) < 4.78 is 0. The summed E-state index contributed by atoms with van der Waals surface area (Å²) in [5.41, 5.74) is 13.1. The summed E-state index contributed by atoms with van der Waals surface area (Å²) >= 11 is 0. The van der Waals surface area contributed by atoms with Gasteiger partial charge in [0.2, 0.25) is 0 Å². The van der Waals surface area contributed by atoms with E-state index < -0.39 is 0 Å². The van der Waals surface area contributed by atoms with E-state index in [1.807, 2.05) is 0 Å². The number of nitrogens with two attached hydrogens (primary N) is 1. The lowest BCUT2D eigenvalue weighted by Crippen LogP contribution is -2.04. The van der Waals surface area contributed by atoms with E-state index in [-0.39, 0.29) is 6.04 Å². The van der Waals surface area contributed by atoms with Crippen LogP contribution in [0.4, 0.5) is 0 Å². The van der Waals surface area contributed by atoms with Crippen LogP contribution in [0.15, 0.2) is 42.5 Å². The highest BCUT2D eigenvalue weighted by Crippen LogP contribution is 2.36. The van der Waals surface area contributed by atoms with Crippen molar-refractivity contribution >= 4 is 0 Å². The summed E-state index contributed by atoms with van der Waals surface area (Å²) in [6.45, 7) is 2.23. The van der Waals surface area contributed by atoms with E-state index in [0.29, 0.717) is 0 Å². The average Bonchev–Trinajstić information content (AvgIpc) is 2.81. The molecule has 0 saturated heterocycles. The zero-order chi connectivity index (χ0) is 13.2. The predicted octanol–water partition coefficient (Wildman–Crippen LogP) is 4.25. The summed E-state index contributed by atoms with van der Waals surface area (Å²) in [5, 5.41) is 0. The molecule has 1 unspecified atom stereocenters. The van der Waals surface area contributed by atoms with Crippen LogP contribution in [-0.2, 0) is 12.8 Å². The van der Waals surface area contributed by atoms with Crippen molar-refractivity contribution < 1.29 is 0 Å². The fraction of sp³-hybridized carbons (Fsp3) is 0.333. The first-order valence-corrected chi connectivity index (χ1v) is 7.26. The van der Waals surface area contributed by atoms with Crippen molar-refractivity contribution in [3.05, 3.63) is 59.2 Å². The van der Waals surface area contributed by atoms with Crippen LogP contribution in [0.5, 0.6) is 0 Å². The second-order valence-electron chi connectivity index (χ2n) is 5.47. The lowest BCUT2D eigenvalue weighted by molar-refractivity contribution is 0.713. The largest absolute Gasteiger partial charge is 0.324 e. The molecule has 0 spiro atoms. The zero-order valence-electron chi connectivity index (χ0n) is 11.5. The average molecular weight is 251 g/mol. The van der Waals surface area contributed by atoms with Gasteiger partial charge in [0, 0.05) is 6.04 Å². The van der Waals surface area contributed by atoms with E-state index in [1.54, 1.807) is 0 Å². The van der Waals surface area contributed by atoms with Gasteiger partial charge < -0.3 is 5.73 Å². The Hall–Kier alpha value is -1.60. The number of aryl methyl sites for hydroxylation is 1. The number of hydrogen-bond acceptors (Lipinski definition) is 1. The highest BCUT2D eigenvalue weighted by Gasteiger charge is 2.21. The maximum Gasteiger partial charge on any atom is 0.0300 e. The molecule has 98 valence electrons. The van der Waals surface area contributed by atoms with Gasteiger partial charge in [-0.3, -0.25) is 0 Å². The molecule has 1 atom stereocenters. The zero-order valence-corrected chi connectivity index (χ0v) is 11.5. The molecule has 19 heavy (non-hydrogen) atoms. The minimum Gasteiger partial charge on any atom is -0.324 e. The molecule has 0 radical (unpaired) electrons. The topological polar surface area (TPSA) is 26.0 Å². The van der Waals surface area contributed by atoms with Crippen molar-refractivity contribution in [1.29, 1.82) is 0 Å². The van der Waals surface area contributed by atoms with Crippen molar-refractivity contribution in [1.82, 2.24) is 0 Å². The van der Waals surface area contributed by atoms with Gasteiger partial charge in [-0.05, 0) is 47.1 Å². The summed E-state index contributed by atoms with van der Waals surface area (Å²) in [5.74, 6) is 0. The van der Waals surface area contributed by atoms with Crippen LogP contribution in [-0.4, -0.2) is 0 Å². The fourth-order valence-electron chi connectivity index (χ4n) is 3.14. The van der Waals surface area contributed by atoms with Gasteiger partial charge >= 0.3 is 0 Å². The van der Waals surface area contributed by atoms with Crippen LogP contribution < -0.4 is 5.73 Å². The molecule has 0 saturated carbocycles. The van der Waals surface area contributed by atoms with Crippen LogP contribution in [0, 0.1) is 0 Å². The second kappa shape index (κ2) is 5.18. The Bertz CT molecular complexity index is 586. The third-order valence-corrected chi connectivity index (χ3v) is 4.09. The Morgan fingerprint density at radius 1 is 1.16 bits per heavy atom. The van der Waals surface area contributed by atoms with Crippen molar-refractivity contribution in [3.8, 4) is 11.1 Å². The molecule has 2 N–H and O–H groups in total. The van der Waals surface area contributed by atoms with Gasteiger partial charge in [0.05, 0.1) is 0 Å². The molecule has 2 aromatic rings. The van der Waals surface area contributed by atoms with Gasteiger partial charge in [-0.2, -0.15) is 0 Å². The molecule has 0 bridgehead atoms. The van der Waals surface area contributed by atoms with E-state index in [1.165, 1.54) is 34.2 Å². The minimum atomic E-state index is 0.230. The highest BCUT2D eigenvalue weighted by molar-refractivity contribution is 5.70. The number of fused-ring (bicyclic) bond motifs is 1. The Labute approximate surface area is 115 Å². The highest BCUT2D eigenvalue weighted by atomic mass is 14.6. The van der Waals surface area contributed by atoms with Crippen LogP contribution in [0.1, 0.15) is 42.5 Å². The first-order chi connectivity index (χ1) is 9.29. The van der Waals surface area contributed by atoms with E-state index in [9.17, 15) is 0 Å². The molecule has 0 fully saturated rings. The van der Waals surface area contributed by atoms with Gasteiger partial charge in [0.15, 0.2) is 0 Å². The Morgan fingerprint density at radius 2 is 2.00 bits per heavy atom. The Morgan fingerprint density at radius 3 is 2.84 bits per heavy atom. The van der Waals surface area contributed by atoms with E-state index >= 15 is 0 Å². The minimum absolute atomic E-state index is 0.230. The second-order valence-corrected chi connectivity index (χ2v) is 5.47. The number of hydrogen-bond donors (Lipinski definition) is 1. The van der Waals surface area contributed by atoms with Crippen LogP contribution >= 0.6 is 0 Å². The molecule has 1 nitrogen and oxygen atoms in total. The molecule has 3 rings (SSSR count). The molecule has 2 aromatic carbocycles. The molecule has 0 aliphatic heterocycles.